The van der Waals surface area contributed by atoms with Gasteiger partial charge in [0.2, 0.25) is 5.75 Å². The van der Waals surface area contributed by atoms with Crippen LogP contribution in [0.1, 0.15) is 31.1 Å². The molecule has 0 radical (unpaired) electrons. The standard InChI is InChI=1S/C26H32O6/c1-6-17(2)26(27)32-16-21-20(12-18-10-8-7-9-11-18)15-31-24(21)19-13-22(28-3)25(30-5)23(14-19)29-4/h6-11,13-14,20-21,24H,12,15-16H2,1-5H3/b17-6-/t20-,21-,24+/m0/s1. The predicted molar refractivity (Wildman–Crippen MR) is 122 cm³/mol. The third-order valence-corrected chi connectivity index (χ3v) is 6.00. The Balaban J connectivity index is 1.91. The van der Waals surface area contributed by atoms with Gasteiger partial charge in [-0.05, 0) is 49.4 Å². The Bertz CT molecular complexity index is 912. The van der Waals surface area contributed by atoms with Crippen LogP contribution in [0.25, 0.3) is 0 Å². The van der Waals surface area contributed by atoms with Crippen molar-refractivity contribution >= 4 is 5.97 Å². The Morgan fingerprint density at radius 3 is 2.28 bits per heavy atom. The van der Waals surface area contributed by atoms with Gasteiger partial charge in [-0.2, -0.15) is 0 Å². The molecule has 2 aromatic rings. The Hall–Kier alpha value is -2.99. The highest BCUT2D eigenvalue weighted by Crippen LogP contribution is 2.46. The Morgan fingerprint density at radius 2 is 1.72 bits per heavy atom. The molecule has 0 amide bonds. The SMILES string of the molecule is C/C=C(/C)C(=O)OC[C@H]1[C@@H](Cc2ccccc2)CO[C@@H]1c1cc(OC)c(OC)c(OC)c1. The van der Waals surface area contributed by atoms with Gasteiger partial charge in [0.15, 0.2) is 11.5 Å². The highest BCUT2D eigenvalue weighted by molar-refractivity contribution is 5.87. The van der Waals surface area contributed by atoms with Gasteiger partial charge >= 0.3 is 5.97 Å². The van der Waals surface area contributed by atoms with Crippen molar-refractivity contribution in [3.8, 4) is 17.2 Å². The van der Waals surface area contributed by atoms with Gasteiger partial charge in [0.05, 0.1) is 40.6 Å². The molecule has 0 unspecified atom stereocenters. The number of methoxy groups -OCH3 is 3. The lowest BCUT2D eigenvalue weighted by Gasteiger charge is -2.24. The van der Waals surface area contributed by atoms with E-state index in [9.17, 15) is 4.79 Å². The first-order valence-electron chi connectivity index (χ1n) is 10.8. The number of carbonyl (C=O) groups is 1. The van der Waals surface area contributed by atoms with Gasteiger partial charge in [-0.3, -0.25) is 0 Å². The van der Waals surface area contributed by atoms with E-state index in [4.69, 9.17) is 23.7 Å². The van der Waals surface area contributed by atoms with Crippen molar-refractivity contribution in [2.75, 3.05) is 34.5 Å². The summed E-state index contributed by atoms with van der Waals surface area (Å²) in [5.74, 6) is 1.53. The molecule has 0 aromatic heterocycles. The van der Waals surface area contributed by atoms with Crippen LogP contribution in [0.15, 0.2) is 54.1 Å². The first-order valence-corrected chi connectivity index (χ1v) is 10.8. The summed E-state index contributed by atoms with van der Waals surface area (Å²) in [6.45, 7) is 4.42. The van der Waals surface area contributed by atoms with Gasteiger partial charge in [0.1, 0.15) is 0 Å². The molecule has 1 aliphatic rings. The number of hydrogen-bond donors (Lipinski definition) is 0. The third kappa shape index (κ3) is 5.25. The maximum atomic E-state index is 12.3. The molecule has 0 bridgehead atoms. The average molecular weight is 441 g/mol. The molecule has 3 rings (SSSR count). The lowest BCUT2D eigenvalue weighted by molar-refractivity contribution is -0.141. The summed E-state index contributed by atoms with van der Waals surface area (Å²) >= 11 is 0. The Morgan fingerprint density at radius 1 is 1.06 bits per heavy atom. The minimum absolute atomic E-state index is 0.0216. The number of esters is 1. The molecule has 3 atom stereocenters. The number of carbonyl (C=O) groups excluding carboxylic acids is 1. The lowest BCUT2D eigenvalue weighted by atomic mass is 9.84. The molecule has 2 aromatic carbocycles. The van der Waals surface area contributed by atoms with Gasteiger partial charge in [0, 0.05) is 11.5 Å². The van der Waals surface area contributed by atoms with Crippen LogP contribution in [0, 0.1) is 11.8 Å². The fourth-order valence-corrected chi connectivity index (χ4v) is 4.08. The van der Waals surface area contributed by atoms with Crippen LogP contribution in [0.3, 0.4) is 0 Å². The molecule has 1 saturated heterocycles. The summed E-state index contributed by atoms with van der Waals surface area (Å²) in [4.78, 5) is 12.3. The maximum absolute atomic E-state index is 12.3. The van der Waals surface area contributed by atoms with Crippen molar-refractivity contribution < 1.29 is 28.5 Å². The van der Waals surface area contributed by atoms with Crippen LogP contribution in [0.5, 0.6) is 17.2 Å². The minimum atomic E-state index is -0.304. The third-order valence-electron chi connectivity index (χ3n) is 6.00. The molecule has 0 saturated carbocycles. The minimum Gasteiger partial charge on any atom is -0.493 e. The number of rotatable bonds is 9. The molecular weight excluding hydrogens is 408 g/mol. The van der Waals surface area contributed by atoms with E-state index in [0.717, 1.165) is 12.0 Å². The fourth-order valence-electron chi connectivity index (χ4n) is 4.08. The van der Waals surface area contributed by atoms with Gasteiger partial charge in [-0.1, -0.05) is 36.4 Å². The Labute approximate surface area is 190 Å². The van der Waals surface area contributed by atoms with Crippen LogP contribution in [-0.2, 0) is 20.7 Å². The molecule has 172 valence electrons. The topological polar surface area (TPSA) is 63.2 Å². The molecule has 6 heteroatoms. The summed E-state index contributed by atoms with van der Waals surface area (Å²) in [5, 5.41) is 0. The van der Waals surface area contributed by atoms with Gasteiger partial charge in [-0.15, -0.1) is 0 Å². The van der Waals surface area contributed by atoms with E-state index in [-0.39, 0.29) is 30.5 Å². The molecule has 6 nitrogen and oxygen atoms in total. The monoisotopic (exact) mass is 440 g/mol. The second-order valence-electron chi connectivity index (χ2n) is 7.90. The zero-order valence-electron chi connectivity index (χ0n) is 19.4. The summed E-state index contributed by atoms with van der Waals surface area (Å²) in [6.07, 6.45) is 2.33. The van der Waals surface area contributed by atoms with Crippen molar-refractivity contribution in [1.82, 2.24) is 0 Å². The number of hydrogen-bond acceptors (Lipinski definition) is 6. The lowest BCUT2D eigenvalue weighted by Crippen LogP contribution is -2.24. The van der Waals surface area contributed by atoms with E-state index in [2.05, 4.69) is 12.1 Å². The summed E-state index contributed by atoms with van der Waals surface area (Å²) in [7, 11) is 4.76. The van der Waals surface area contributed by atoms with Crippen molar-refractivity contribution in [3.63, 3.8) is 0 Å². The Kier molecular flexibility index (Phi) is 8.17. The zero-order chi connectivity index (χ0) is 23.1. The molecule has 0 spiro atoms. The van der Waals surface area contributed by atoms with E-state index in [0.29, 0.717) is 29.4 Å². The van der Waals surface area contributed by atoms with E-state index in [1.54, 1.807) is 34.3 Å². The van der Waals surface area contributed by atoms with Crippen LogP contribution >= 0.6 is 0 Å². The van der Waals surface area contributed by atoms with Crippen molar-refractivity contribution in [2.24, 2.45) is 11.8 Å². The quantitative estimate of drug-likeness (QED) is 0.414. The summed E-state index contributed by atoms with van der Waals surface area (Å²) in [5.41, 5.74) is 2.72. The van der Waals surface area contributed by atoms with Gasteiger partial charge in [-0.25, -0.2) is 4.79 Å². The number of ether oxygens (including phenoxy) is 5. The molecule has 1 aliphatic heterocycles. The van der Waals surface area contributed by atoms with Crippen molar-refractivity contribution in [2.45, 2.75) is 26.4 Å². The van der Waals surface area contributed by atoms with E-state index < -0.39 is 0 Å². The van der Waals surface area contributed by atoms with E-state index >= 15 is 0 Å². The summed E-state index contributed by atoms with van der Waals surface area (Å²) in [6, 6.07) is 14.1. The van der Waals surface area contributed by atoms with Crippen LogP contribution < -0.4 is 14.2 Å². The number of allylic oxidation sites excluding steroid dienone is 1. The normalized spacial score (nSPS) is 20.7. The highest BCUT2D eigenvalue weighted by atomic mass is 16.5. The van der Waals surface area contributed by atoms with Crippen molar-refractivity contribution in [1.29, 1.82) is 0 Å². The van der Waals surface area contributed by atoms with Crippen LogP contribution in [-0.4, -0.2) is 40.5 Å². The molecule has 0 aliphatic carbocycles. The number of benzene rings is 2. The molecule has 1 heterocycles. The first-order chi connectivity index (χ1) is 15.5. The van der Waals surface area contributed by atoms with Gasteiger partial charge in [0.25, 0.3) is 0 Å². The second kappa shape index (κ2) is 11.0. The maximum Gasteiger partial charge on any atom is 0.333 e. The predicted octanol–water partition coefficient (Wildman–Crippen LogP) is 4.77. The second-order valence-corrected chi connectivity index (χ2v) is 7.90. The average Bonchev–Trinajstić information content (AvgIpc) is 3.23. The molecule has 32 heavy (non-hydrogen) atoms. The van der Waals surface area contributed by atoms with Crippen LogP contribution in [0.2, 0.25) is 0 Å². The first kappa shape index (κ1) is 23.7. The molecule has 0 N–H and O–H groups in total. The van der Waals surface area contributed by atoms with E-state index in [1.165, 1.54) is 5.56 Å². The summed E-state index contributed by atoms with van der Waals surface area (Å²) < 4.78 is 28.5. The zero-order valence-corrected chi connectivity index (χ0v) is 19.4. The highest BCUT2D eigenvalue weighted by Gasteiger charge is 2.40. The smallest absolute Gasteiger partial charge is 0.333 e. The molecule has 1 fully saturated rings. The molecular formula is C26H32O6. The van der Waals surface area contributed by atoms with E-state index in [1.807, 2.05) is 37.3 Å². The van der Waals surface area contributed by atoms with Crippen LogP contribution in [0.4, 0.5) is 0 Å². The van der Waals surface area contributed by atoms with Gasteiger partial charge < -0.3 is 23.7 Å². The largest absolute Gasteiger partial charge is 0.493 e. The fraction of sp³-hybridized carbons (Fsp3) is 0.423. The van der Waals surface area contributed by atoms with Crippen molar-refractivity contribution in [3.05, 3.63) is 65.2 Å².